The number of nitrogens with zero attached hydrogens (tertiary/aromatic N) is 4. The van der Waals surface area contributed by atoms with Crippen LogP contribution in [0.25, 0.3) is 0 Å². The van der Waals surface area contributed by atoms with Gasteiger partial charge in [-0.2, -0.15) is 0 Å². The summed E-state index contributed by atoms with van der Waals surface area (Å²) >= 11 is 0. The van der Waals surface area contributed by atoms with Crippen molar-refractivity contribution in [2.24, 2.45) is 5.92 Å². The normalized spacial score (nSPS) is 21.8. The van der Waals surface area contributed by atoms with E-state index in [1.807, 2.05) is 4.90 Å². The zero-order valence-electron chi connectivity index (χ0n) is 17.8. The van der Waals surface area contributed by atoms with E-state index in [1.54, 1.807) is 17.0 Å². The fourth-order valence-electron chi connectivity index (χ4n) is 4.92. The third-order valence-corrected chi connectivity index (χ3v) is 6.77. The molecule has 3 fully saturated rings. The molecule has 31 heavy (non-hydrogen) atoms. The van der Waals surface area contributed by atoms with Gasteiger partial charge in [0.25, 0.3) is 11.6 Å². The molecule has 0 saturated carbocycles. The number of nitro benzene ring substituents is 1. The Morgan fingerprint density at radius 3 is 2.26 bits per heavy atom. The van der Waals surface area contributed by atoms with Crippen molar-refractivity contribution in [3.8, 4) is 0 Å². The molecular formula is C22H30N4O5. The summed E-state index contributed by atoms with van der Waals surface area (Å²) in [4.78, 5) is 42.2. The van der Waals surface area contributed by atoms with Crippen molar-refractivity contribution in [1.29, 1.82) is 0 Å². The van der Waals surface area contributed by atoms with Gasteiger partial charge in [0.15, 0.2) is 0 Å². The Morgan fingerprint density at radius 2 is 1.61 bits per heavy atom. The van der Waals surface area contributed by atoms with Gasteiger partial charge in [-0.05, 0) is 44.8 Å². The number of non-ortho nitro benzene ring substituents is 1. The Balaban J connectivity index is 1.25. The first-order valence-corrected chi connectivity index (χ1v) is 11.2. The van der Waals surface area contributed by atoms with Crippen molar-refractivity contribution < 1.29 is 19.2 Å². The number of carbonyl (C=O) groups is 2. The average molecular weight is 431 g/mol. The maximum Gasteiger partial charge on any atom is 0.270 e. The summed E-state index contributed by atoms with van der Waals surface area (Å²) in [6.45, 7) is 5.83. The number of nitro groups is 1. The van der Waals surface area contributed by atoms with Crippen molar-refractivity contribution in [3.63, 3.8) is 0 Å². The number of amides is 2. The molecule has 0 atom stereocenters. The number of morpholine rings is 1. The smallest absolute Gasteiger partial charge is 0.270 e. The maximum absolute atomic E-state index is 12.8. The van der Waals surface area contributed by atoms with Crippen LogP contribution in [0.15, 0.2) is 24.3 Å². The number of piperidine rings is 2. The van der Waals surface area contributed by atoms with Gasteiger partial charge in [-0.1, -0.05) is 6.07 Å². The number of benzene rings is 1. The van der Waals surface area contributed by atoms with Gasteiger partial charge in [0, 0.05) is 55.8 Å². The van der Waals surface area contributed by atoms with Crippen LogP contribution >= 0.6 is 0 Å². The van der Waals surface area contributed by atoms with Gasteiger partial charge in [-0.15, -0.1) is 0 Å². The fourth-order valence-corrected chi connectivity index (χ4v) is 4.92. The molecule has 0 aliphatic carbocycles. The Hall–Kier alpha value is -2.52. The van der Waals surface area contributed by atoms with Crippen LogP contribution in [0, 0.1) is 16.0 Å². The molecule has 4 rings (SSSR count). The lowest BCUT2D eigenvalue weighted by Gasteiger charge is -2.42. The molecule has 0 bridgehead atoms. The predicted octanol–water partition coefficient (Wildman–Crippen LogP) is 1.77. The molecule has 2 amide bonds. The minimum Gasteiger partial charge on any atom is -0.378 e. The number of hydrogen-bond donors (Lipinski definition) is 0. The lowest BCUT2D eigenvalue weighted by Crippen LogP contribution is -2.51. The molecule has 168 valence electrons. The summed E-state index contributed by atoms with van der Waals surface area (Å²) in [5, 5.41) is 11.0. The molecule has 3 aliphatic heterocycles. The number of rotatable bonds is 4. The van der Waals surface area contributed by atoms with Gasteiger partial charge in [0.1, 0.15) is 0 Å². The first kappa shape index (κ1) is 21.7. The van der Waals surface area contributed by atoms with Crippen LogP contribution in [-0.4, -0.2) is 90.0 Å². The minimum absolute atomic E-state index is 0.0600. The van der Waals surface area contributed by atoms with E-state index in [0.29, 0.717) is 51.0 Å². The predicted molar refractivity (Wildman–Crippen MR) is 114 cm³/mol. The summed E-state index contributed by atoms with van der Waals surface area (Å²) in [5.74, 6) is 0.252. The molecule has 0 unspecified atom stereocenters. The summed E-state index contributed by atoms with van der Waals surface area (Å²) in [6, 6.07) is 6.37. The van der Waals surface area contributed by atoms with Crippen molar-refractivity contribution in [1.82, 2.24) is 14.7 Å². The Bertz CT molecular complexity index is 810. The second-order valence-corrected chi connectivity index (χ2v) is 8.58. The summed E-state index contributed by atoms with van der Waals surface area (Å²) in [6.07, 6.45) is 3.57. The van der Waals surface area contributed by atoms with Crippen molar-refractivity contribution in [2.45, 2.75) is 31.7 Å². The van der Waals surface area contributed by atoms with E-state index in [4.69, 9.17) is 4.74 Å². The van der Waals surface area contributed by atoms with E-state index in [1.165, 1.54) is 12.1 Å². The zero-order chi connectivity index (χ0) is 21.8. The van der Waals surface area contributed by atoms with Crippen molar-refractivity contribution >= 4 is 17.5 Å². The standard InChI is InChI=1S/C22H30N4O5/c27-21(25-12-14-31-15-13-25)17-4-8-23(9-5-17)19-6-10-24(11-7-19)22(28)18-2-1-3-20(16-18)26(29)30/h1-3,16-17,19H,4-15H2. The fraction of sp³-hybridized carbons (Fsp3) is 0.636. The second kappa shape index (κ2) is 9.74. The topological polar surface area (TPSA) is 96.2 Å². The van der Waals surface area contributed by atoms with E-state index >= 15 is 0 Å². The minimum atomic E-state index is -0.476. The number of carbonyl (C=O) groups excluding carboxylic acids is 2. The SMILES string of the molecule is O=C(c1cccc([N+](=O)[O-])c1)N1CCC(N2CCC(C(=O)N3CCOCC3)CC2)CC1. The highest BCUT2D eigenvalue weighted by Gasteiger charge is 2.33. The van der Waals surface area contributed by atoms with Crippen LogP contribution in [0.4, 0.5) is 5.69 Å². The van der Waals surface area contributed by atoms with E-state index in [-0.39, 0.29) is 23.4 Å². The molecule has 9 nitrogen and oxygen atoms in total. The highest BCUT2D eigenvalue weighted by atomic mass is 16.6. The van der Waals surface area contributed by atoms with Gasteiger partial charge < -0.3 is 19.4 Å². The highest BCUT2D eigenvalue weighted by Crippen LogP contribution is 2.26. The molecule has 0 aromatic heterocycles. The van der Waals surface area contributed by atoms with Gasteiger partial charge in [-0.3, -0.25) is 19.7 Å². The van der Waals surface area contributed by atoms with Crippen LogP contribution in [0.3, 0.4) is 0 Å². The van der Waals surface area contributed by atoms with Gasteiger partial charge in [0.05, 0.1) is 18.1 Å². The Kier molecular flexibility index (Phi) is 6.82. The second-order valence-electron chi connectivity index (χ2n) is 8.58. The third kappa shape index (κ3) is 5.04. The van der Waals surface area contributed by atoms with Crippen molar-refractivity contribution in [2.75, 3.05) is 52.5 Å². The Labute approximate surface area is 182 Å². The lowest BCUT2D eigenvalue weighted by molar-refractivity contribution is -0.384. The van der Waals surface area contributed by atoms with Crippen molar-refractivity contribution in [3.05, 3.63) is 39.9 Å². The largest absolute Gasteiger partial charge is 0.378 e. The van der Waals surface area contributed by atoms with E-state index in [9.17, 15) is 19.7 Å². The van der Waals surface area contributed by atoms with Crippen LogP contribution in [0.2, 0.25) is 0 Å². The Morgan fingerprint density at radius 1 is 0.935 bits per heavy atom. The number of hydrogen-bond acceptors (Lipinski definition) is 6. The average Bonchev–Trinajstić information content (AvgIpc) is 2.84. The first-order valence-electron chi connectivity index (χ1n) is 11.2. The van der Waals surface area contributed by atoms with Crippen LogP contribution in [-0.2, 0) is 9.53 Å². The molecule has 3 heterocycles. The highest BCUT2D eigenvalue weighted by molar-refractivity contribution is 5.94. The number of ether oxygens (including phenoxy) is 1. The van der Waals surface area contributed by atoms with Crippen LogP contribution < -0.4 is 0 Å². The zero-order valence-corrected chi connectivity index (χ0v) is 17.8. The number of likely N-dealkylation sites (tertiary alicyclic amines) is 2. The van der Waals surface area contributed by atoms with Crippen LogP contribution in [0.5, 0.6) is 0 Å². The maximum atomic E-state index is 12.8. The molecule has 1 aromatic rings. The summed E-state index contributed by atoms with van der Waals surface area (Å²) in [5.41, 5.74) is 0.310. The molecule has 9 heteroatoms. The van der Waals surface area contributed by atoms with E-state index in [2.05, 4.69) is 4.90 Å². The van der Waals surface area contributed by atoms with Gasteiger partial charge >= 0.3 is 0 Å². The summed E-state index contributed by atoms with van der Waals surface area (Å²) < 4.78 is 5.34. The molecule has 3 saturated heterocycles. The summed E-state index contributed by atoms with van der Waals surface area (Å²) in [7, 11) is 0. The molecule has 1 aromatic carbocycles. The lowest BCUT2D eigenvalue weighted by atomic mass is 9.92. The quantitative estimate of drug-likeness (QED) is 0.534. The molecule has 0 N–H and O–H groups in total. The van der Waals surface area contributed by atoms with Gasteiger partial charge in [0.2, 0.25) is 5.91 Å². The van der Waals surface area contributed by atoms with Gasteiger partial charge in [-0.25, -0.2) is 0 Å². The molecular weight excluding hydrogens is 400 g/mol. The van der Waals surface area contributed by atoms with Crippen LogP contribution in [0.1, 0.15) is 36.0 Å². The molecule has 3 aliphatic rings. The first-order chi connectivity index (χ1) is 15.0. The van der Waals surface area contributed by atoms with E-state index < -0.39 is 4.92 Å². The monoisotopic (exact) mass is 430 g/mol. The third-order valence-electron chi connectivity index (χ3n) is 6.77. The molecule has 0 spiro atoms. The molecule has 0 radical (unpaired) electrons. The van der Waals surface area contributed by atoms with E-state index in [0.717, 1.165) is 38.8 Å².